The third kappa shape index (κ3) is 5.88. The van der Waals surface area contributed by atoms with Crippen LogP contribution in [-0.2, 0) is 19.1 Å². The number of nitrogens with one attached hydrogen (secondary N) is 2. The van der Waals surface area contributed by atoms with Crippen molar-refractivity contribution in [3.05, 3.63) is 0 Å². The second-order valence-electron chi connectivity index (χ2n) is 6.77. The first kappa shape index (κ1) is 18.9. The molecule has 130 valence electrons. The summed E-state index contributed by atoms with van der Waals surface area (Å²) >= 11 is 0. The molecule has 8 nitrogen and oxygen atoms in total. The number of hydrogen-bond acceptors (Lipinski definition) is 5. The Hall–Kier alpha value is -2.12. The highest BCUT2D eigenvalue weighted by Gasteiger charge is 2.35. The van der Waals surface area contributed by atoms with Gasteiger partial charge in [-0.3, -0.25) is 14.4 Å². The lowest BCUT2D eigenvalue weighted by Crippen LogP contribution is -2.49. The van der Waals surface area contributed by atoms with Gasteiger partial charge in [-0.2, -0.15) is 0 Å². The standard InChI is InChI=1S/C15H25N3O5/c1-15(2,3)23-14(22)17-10(11(19)13(21)18(4)5)8-9-6-7-16-12(9)20/h9-10H,6-8H2,1-5H3,(H,16,20)(H,17,22)/t9-,10-/m0/s1. The first-order chi connectivity index (χ1) is 10.5. The molecule has 23 heavy (non-hydrogen) atoms. The highest BCUT2D eigenvalue weighted by molar-refractivity contribution is 6.38. The van der Waals surface area contributed by atoms with Crippen molar-refractivity contribution < 1.29 is 23.9 Å². The first-order valence-corrected chi connectivity index (χ1v) is 7.54. The third-order valence-corrected chi connectivity index (χ3v) is 3.31. The number of likely N-dealkylation sites (N-methyl/N-ethyl adjacent to an activating group) is 1. The lowest BCUT2D eigenvalue weighted by atomic mass is 9.95. The van der Waals surface area contributed by atoms with Crippen LogP contribution >= 0.6 is 0 Å². The summed E-state index contributed by atoms with van der Waals surface area (Å²) in [5.41, 5.74) is -0.728. The molecule has 0 spiro atoms. The van der Waals surface area contributed by atoms with Crippen LogP contribution in [0.2, 0.25) is 0 Å². The number of Topliss-reactive ketones (excluding diaryl/α,β-unsaturated/α-hetero) is 1. The normalized spacial score (nSPS) is 18.8. The highest BCUT2D eigenvalue weighted by atomic mass is 16.6. The summed E-state index contributed by atoms with van der Waals surface area (Å²) in [6.07, 6.45) is -0.154. The fourth-order valence-corrected chi connectivity index (χ4v) is 2.21. The fourth-order valence-electron chi connectivity index (χ4n) is 2.21. The number of nitrogens with zero attached hydrogens (tertiary/aromatic N) is 1. The SMILES string of the molecule is CN(C)C(=O)C(=O)[C@H](C[C@@H]1CCNC1=O)NC(=O)OC(C)(C)C. The Morgan fingerprint density at radius 2 is 1.96 bits per heavy atom. The summed E-state index contributed by atoms with van der Waals surface area (Å²) in [6.45, 7) is 5.61. The Kier molecular flexibility index (Phi) is 6.12. The van der Waals surface area contributed by atoms with E-state index < -0.39 is 35.3 Å². The minimum absolute atomic E-state index is 0.0729. The predicted octanol–water partition coefficient (Wildman–Crippen LogP) is 0.0632. The van der Waals surface area contributed by atoms with E-state index in [1.54, 1.807) is 20.8 Å². The van der Waals surface area contributed by atoms with Gasteiger partial charge in [-0.1, -0.05) is 0 Å². The Morgan fingerprint density at radius 1 is 1.35 bits per heavy atom. The number of carbonyl (C=O) groups is 4. The fraction of sp³-hybridized carbons (Fsp3) is 0.733. The van der Waals surface area contributed by atoms with Gasteiger partial charge < -0.3 is 20.3 Å². The molecule has 8 heteroatoms. The molecule has 0 aliphatic carbocycles. The van der Waals surface area contributed by atoms with E-state index in [0.717, 1.165) is 4.90 Å². The van der Waals surface area contributed by atoms with Crippen LogP contribution in [0.3, 0.4) is 0 Å². The van der Waals surface area contributed by atoms with Crippen molar-refractivity contribution in [1.82, 2.24) is 15.5 Å². The molecule has 0 unspecified atom stereocenters. The monoisotopic (exact) mass is 327 g/mol. The Labute approximate surface area is 135 Å². The zero-order valence-electron chi connectivity index (χ0n) is 14.3. The van der Waals surface area contributed by atoms with E-state index in [-0.39, 0.29) is 12.3 Å². The second kappa shape index (κ2) is 7.43. The van der Waals surface area contributed by atoms with Crippen molar-refractivity contribution in [2.45, 2.75) is 45.3 Å². The molecule has 0 radical (unpaired) electrons. The van der Waals surface area contributed by atoms with E-state index in [1.165, 1.54) is 14.1 Å². The van der Waals surface area contributed by atoms with Crippen molar-refractivity contribution >= 4 is 23.7 Å². The number of alkyl carbamates (subject to hydrolysis) is 1. The maximum Gasteiger partial charge on any atom is 0.408 e. The first-order valence-electron chi connectivity index (χ1n) is 7.54. The van der Waals surface area contributed by atoms with Gasteiger partial charge in [-0.15, -0.1) is 0 Å². The van der Waals surface area contributed by atoms with Crippen LogP contribution in [0.15, 0.2) is 0 Å². The van der Waals surface area contributed by atoms with E-state index >= 15 is 0 Å². The number of ether oxygens (including phenoxy) is 1. The summed E-state index contributed by atoms with van der Waals surface area (Å²) < 4.78 is 5.12. The van der Waals surface area contributed by atoms with Gasteiger partial charge in [0.1, 0.15) is 11.6 Å². The van der Waals surface area contributed by atoms with Crippen LogP contribution in [0.25, 0.3) is 0 Å². The van der Waals surface area contributed by atoms with Crippen LogP contribution in [0, 0.1) is 5.92 Å². The van der Waals surface area contributed by atoms with Gasteiger partial charge in [0, 0.05) is 26.6 Å². The molecule has 2 atom stereocenters. The van der Waals surface area contributed by atoms with E-state index in [4.69, 9.17) is 4.74 Å². The van der Waals surface area contributed by atoms with Crippen molar-refractivity contribution in [1.29, 1.82) is 0 Å². The molecule has 1 aliphatic rings. The summed E-state index contributed by atoms with van der Waals surface area (Å²) in [6, 6.07) is -1.09. The number of carbonyl (C=O) groups excluding carboxylic acids is 4. The van der Waals surface area contributed by atoms with E-state index in [9.17, 15) is 19.2 Å². The largest absolute Gasteiger partial charge is 0.444 e. The van der Waals surface area contributed by atoms with E-state index in [2.05, 4.69) is 10.6 Å². The van der Waals surface area contributed by atoms with Crippen LogP contribution in [0.4, 0.5) is 4.79 Å². The van der Waals surface area contributed by atoms with Crippen LogP contribution < -0.4 is 10.6 Å². The minimum atomic E-state index is -1.09. The molecule has 0 aromatic heterocycles. The van der Waals surface area contributed by atoms with Crippen molar-refractivity contribution in [2.24, 2.45) is 5.92 Å². The molecule has 3 amide bonds. The number of rotatable bonds is 5. The van der Waals surface area contributed by atoms with Gasteiger partial charge in [-0.25, -0.2) is 4.79 Å². The molecular weight excluding hydrogens is 302 g/mol. The molecule has 1 aliphatic heterocycles. The van der Waals surface area contributed by atoms with Gasteiger partial charge in [0.05, 0.1) is 0 Å². The summed E-state index contributed by atoms with van der Waals surface area (Å²) in [5, 5.41) is 5.09. The Bertz CT molecular complexity index is 496. The maximum absolute atomic E-state index is 12.3. The van der Waals surface area contributed by atoms with Gasteiger partial charge in [0.25, 0.3) is 5.91 Å². The van der Waals surface area contributed by atoms with Gasteiger partial charge >= 0.3 is 6.09 Å². The molecule has 0 aromatic rings. The molecule has 1 fully saturated rings. The van der Waals surface area contributed by atoms with Crippen LogP contribution in [0.5, 0.6) is 0 Å². The Morgan fingerprint density at radius 3 is 2.39 bits per heavy atom. The molecule has 2 N–H and O–H groups in total. The highest BCUT2D eigenvalue weighted by Crippen LogP contribution is 2.17. The Balaban J connectivity index is 2.83. The molecule has 1 heterocycles. The zero-order chi connectivity index (χ0) is 17.8. The van der Waals surface area contributed by atoms with Crippen LogP contribution in [0.1, 0.15) is 33.6 Å². The number of amides is 3. The molecule has 0 saturated carbocycles. The summed E-state index contributed by atoms with van der Waals surface area (Å²) in [7, 11) is 2.90. The quantitative estimate of drug-likeness (QED) is 0.695. The average molecular weight is 327 g/mol. The van der Waals surface area contributed by atoms with Crippen molar-refractivity contribution in [3.63, 3.8) is 0 Å². The minimum Gasteiger partial charge on any atom is -0.444 e. The van der Waals surface area contributed by atoms with E-state index in [0.29, 0.717) is 13.0 Å². The number of ketones is 1. The topological polar surface area (TPSA) is 105 Å². The van der Waals surface area contributed by atoms with Gasteiger partial charge in [0.15, 0.2) is 0 Å². The van der Waals surface area contributed by atoms with E-state index in [1.807, 2.05) is 0 Å². The summed E-state index contributed by atoms with van der Waals surface area (Å²) in [4.78, 5) is 48.9. The summed E-state index contributed by atoms with van der Waals surface area (Å²) in [5.74, 6) is -2.08. The molecule has 0 bridgehead atoms. The molecule has 1 rings (SSSR count). The second-order valence-corrected chi connectivity index (χ2v) is 6.77. The van der Waals surface area contributed by atoms with Gasteiger partial charge in [0.2, 0.25) is 11.7 Å². The molecule has 0 aromatic carbocycles. The third-order valence-electron chi connectivity index (χ3n) is 3.31. The maximum atomic E-state index is 12.3. The van der Waals surface area contributed by atoms with Gasteiger partial charge in [-0.05, 0) is 33.6 Å². The zero-order valence-corrected chi connectivity index (χ0v) is 14.3. The lowest BCUT2D eigenvalue weighted by Gasteiger charge is -2.24. The number of hydrogen-bond donors (Lipinski definition) is 2. The van der Waals surface area contributed by atoms with Crippen molar-refractivity contribution in [3.8, 4) is 0 Å². The predicted molar refractivity (Wildman–Crippen MR) is 82.6 cm³/mol. The lowest BCUT2D eigenvalue weighted by molar-refractivity contribution is -0.144. The average Bonchev–Trinajstić information content (AvgIpc) is 2.79. The van der Waals surface area contributed by atoms with Crippen molar-refractivity contribution in [2.75, 3.05) is 20.6 Å². The van der Waals surface area contributed by atoms with Crippen LogP contribution in [-0.4, -0.2) is 60.9 Å². The molecular formula is C15H25N3O5. The molecule has 1 saturated heterocycles. The smallest absolute Gasteiger partial charge is 0.408 e.